The Morgan fingerprint density at radius 1 is 1.46 bits per heavy atom. The summed E-state index contributed by atoms with van der Waals surface area (Å²) in [7, 11) is 3.81. The summed E-state index contributed by atoms with van der Waals surface area (Å²) < 4.78 is 5.17. The Kier molecular flexibility index (Phi) is 3.27. The van der Waals surface area contributed by atoms with Gasteiger partial charge in [-0.15, -0.1) is 0 Å². The molecule has 0 aromatic rings. The number of carbonyl (C=O) groups is 1. The maximum atomic E-state index is 11.1. The van der Waals surface area contributed by atoms with Gasteiger partial charge in [0, 0.05) is 19.8 Å². The monoisotopic (exact) mass is 187 g/mol. The molecule has 0 saturated carbocycles. The topological polar surface area (TPSA) is 49.8 Å². The van der Waals surface area contributed by atoms with Crippen LogP contribution in [0.1, 0.15) is 12.8 Å². The molecule has 1 fully saturated rings. The first-order valence-electron chi connectivity index (χ1n) is 4.53. The fraction of sp³-hybridized carbons (Fsp3) is 0.889. The molecule has 0 aromatic carbocycles. The second-order valence-corrected chi connectivity index (χ2v) is 3.94. The van der Waals surface area contributed by atoms with Crippen LogP contribution in [0.4, 0.5) is 0 Å². The zero-order valence-electron chi connectivity index (χ0n) is 8.25. The molecule has 0 atom stereocenters. The average Bonchev–Trinajstić information content (AvgIpc) is 2.04. The van der Waals surface area contributed by atoms with E-state index in [1.807, 2.05) is 19.0 Å². The Hall–Kier alpha value is -0.610. The molecule has 1 aliphatic heterocycles. The van der Waals surface area contributed by atoms with Crippen molar-refractivity contribution in [2.45, 2.75) is 12.8 Å². The van der Waals surface area contributed by atoms with Gasteiger partial charge >= 0.3 is 5.97 Å². The molecule has 0 amide bonds. The zero-order valence-corrected chi connectivity index (χ0v) is 8.25. The summed E-state index contributed by atoms with van der Waals surface area (Å²) in [6.07, 6.45) is 1.25. The van der Waals surface area contributed by atoms with E-state index in [0.717, 1.165) is 0 Å². The molecule has 4 nitrogen and oxygen atoms in total. The number of nitrogens with zero attached hydrogens (tertiary/aromatic N) is 1. The Morgan fingerprint density at radius 3 is 2.38 bits per heavy atom. The summed E-state index contributed by atoms with van der Waals surface area (Å²) in [4.78, 5) is 13.1. The van der Waals surface area contributed by atoms with Crippen LogP contribution in [0.15, 0.2) is 0 Å². The number of hydrogen-bond donors (Lipinski definition) is 1. The molecule has 0 spiro atoms. The molecule has 1 saturated heterocycles. The summed E-state index contributed by atoms with van der Waals surface area (Å²) in [5, 5.41) is 9.16. The minimum absolute atomic E-state index is 0.570. The van der Waals surface area contributed by atoms with Gasteiger partial charge in [-0.05, 0) is 26.9 Å². The SMILES string of the molecule is CN(C)CC1(C(=O)O)CCOCC1. The highest BCUT2D eigenvalue weighted by molar-refractivity contribution is 5.75. The van der Waals surface area contributed by atoms with Crippen molar-refractivity contribution in [2.75, 3.05) is 33.9 Å². The Balaban J connectivity index is 2.67. The smallest absolute Gasteiger partial charge is 0.311 e. The maximum Gasteiger partial charge on any atom is 0.311 e. The lowest BCUT2D eigenvalue weighted by atomic mass is 9.80. The summed E-state index contributed by atoms with van der Waals surface area (Å²) >= 11 is 0. The van der Waals surface area contributed by atoms with E-state index in [9.17, 15) is 4.79 Å². The molecular formula is C9H17NO3. The normalized spacial score (nSPS) is 21.8. The molecule has 1 N–H and O–H groups in total. The highest BCUT2D eigenvalue weighted by atomic mass is 16.5. The molecule has 4 heteroatoms. The van der Waals surface area contributed by atoms with Crippen molar-refractivity contribution in [1.82, 2.24) is 4.90 Å². The molecule has 0 aliphatic carbocycles. The van der Waals surface area contributed by atoms with Crippen LogP contribution in [0.25, 0.3) is 0 Å². The van der Waals surface area contributed by atoms with Crippen LogP contribution in [-0.2, 0) is 9.53 Å². The predicted octanol–water partition coefficient (Wildman–Crippen LogP) is 0.429. The number of carboxylic acid groups (broad SMARTS) is 1. The summed E-state index contributed by atoms with van der Waals surface area (Å²) in [6.45, 7) is 1.74. The molecule has 76 valence electrons. The van der Waals surface area contributed by atoms with E-state index in [-0.39, 0.29) is 0 Å². The van der Waals surface area contributed by atoms with Gasteiger partial charge < -0.3 is 14.7 Å². The van der Waals surface area contributed by atoms with Crippen molar-refractivity contribution in [3.05, 3.63) is 0 Å². The minimum atomic E-state index is -0.690. The number of ether oxygens (including phenoxy) is 1. The third-order valence-electron chi connectivity index (χ3n) is 2.52. The Bertz CT molecular complexity index is 185. The van der Waals surface area contributed by atoms with Gasteiger partial charge in [0.05, 0.1) is 5.41 Å². The molecule has 13 heavy (non-hydrogen) atoms. The third kappa shape index (κ3) is 2.42. The fourth-order valence-corrected chi connectivity index (χ4v) is 1.81. The van der Waals surface area contributed by atoms with Crippen LogP contribution < -0.4 is 0 Å². The predicted molar refractivity (Wildman–Crippen MR) is 48.7 cm³/mol. The zero-order chi connectivity index (χ0) is 9.90. The van der Waals surface area contributed by atoms with E-state index in [1.165, 1.54) is 0 Å². The molecule has 0 aromatic heterocycles. The highest BCUT2D eigenvalue weighted by Gasteiger charge is 2.40. The maximum absolute atomic E-state index is 11.1. The van der Waals surface area contributed by atoms with Gasteiger partial charge in [0.2, 0.25) is 0 Å². The lowest BCUT2D eigenvalue weighted by molar-refractivity contribution is -0.156. The second-order valence-electron chi connectivity index (χ2n) is 3.94. The van der Waals surface area contributed by atoms with E-state index >= 15 is 0 Å². The summed E-state index contributed by atoms with van der Waals surface area (Å²) in [5.74, 6) is -0.690. The third-order valence-corrected chi connectivity index (χ3v) is 2.52. The van der Waals surface area contributed by atoms with Crippen molar-refractivity contribution in [1.29, 1.82) is 0 Å². The van der Waals surface area contributed by atoms with Crippen molar-refractivity contribution in [3.63, 3.8) is 0 Å². The van der Waals surface area contributed by atoms with Gasteiger partial charge in [-0.2, -0.15) is 0 Å². The van der Waals surface area contributed by atoms with E-state index < -0.39 is 11.4 Å². The lowest BCUT2D eigenvalue weighted by Crippen LogP contribution is -2.44. The van der Waals surface area contributed by atoms with Crippen molar-refractivity contribution >= 4 is 5.97 Å². The van der Waals surface area contributed by atoms with Crippen LogP contribution in [0.2, 0.25) is 0 Å². The number of hydrogen-bond acceptors (Lipinski definition) is 3. The fourth-order valence-electron chi connectivity index (χ4n) is 1.81. The van der Waals surface area contributed by atoms with E-state index in [0.29, 0.717) is 32.6 Å². The first-order chi connectivity index (χ1) is 6.07. The van der Waals surface area contributed by atoms with Gasteiger partial charge in [0.15, 0.2) is 0 Å². The molecule has 1 rings (SSSR count). The van der Waals surface area contributed by atoms with Crippen molar-refractivity contribution < 1.29 is 14.6 Å². The minimum Gasteiger partial charge on any atom is -0.481 e. The van der Waals surface area contributed by atoms with Crippen LogP contribution in [-0.4, -0.2) is 49.8 Å². The van der Waals surface area contributed by atoms with Gasteiger partial charge in [-0.1, -0.05) is 0 Å². The first kappa shape index (κ1) is 10.5. The average molecular weight is 187 g/mol. The molecule has 1 heterocycles. The number of rotatable bonds is 3. The molecule has 0 bridgehead atoms. The van der Waals surface area contributed by atoms with Crippen LogP contribution in [0.5, 0.6) is 0 Å². The Morgan fingerprint density at radius 2 is 2.00 bits per heavy atom. The molecule has 0 unspecified atom stereocenters. The van der Waals surface area contributed by atoms with Gasteiger partial charge in [0.1, 0.15) is 0 Å². The van der Waals surface area contributed by atoms with E-state index in [4.69, 9.17) is 9.84 Å². The van der Waals surface area contributed by atoms with E-state index in [1.54, 1.807) is 0 Å². The Labute approximate surface area is 78.5 Å². The molecular weight excluding hydrogens is 170 g/mol. The molecule has 1 aliphatic rings. The van der Waals surface area contributed by atoms with Gasteiger partial charge in [0.25, 0.3) is 0 Å². The summed E-state index contributed by atoms with van der Waals surface area (Å²) in [6, 6.07) is 0. The lowest BCUT2D eigenvalue weighted by Gasteiger charge is -2.35. The first-order valence-corrected chi connectivity index (χ1v) is 4.53. The number of carboxylic acids is 1. The standard InChI is InChI=1S/C9H17NO3/c1-10(2)7-9(8(11)12)3-5-13-6-4-9/h3-7H2,1-2H3,(H,11,12). The van der Waals surface area contributed by atoms with Crippen LogP contribution in [0.3, 0.4) is 0 Å². The quantitative estimate of drug-likeness (QED) is 0.696. The van der Waals surface area contributed by atoms with E-state index in [2.05, 4.69) is 0 Å². The highest BCUT2D eigenvalue weighted by Crippen LogP contribution is 2.31. The van der Waals surface area contributed by atoms with Gasteiger partial charge in [-0.25, -0.2) is 0 Å². The largest absolute Gasteiger partial charge is 0.481 e. The van der Waals surface area contributed by atoms with Crippen LogP contribution >= 0.6 is 0 Å². The van der Waals surface area contributed by atoms with Crippen molar-refractivity contribution in [3.8, 4) is 0 Å². The second kappa shape index (κ2) is 4.07. The molecule has 0 radical (unpaired) electrons. The van der Waals surface area contributed by atoms with Crippen molar-refractivity contribution in [2.24, 2.45) is 5.41 Å². The summed E-state index contributed by atoms with van der Waals surface area (Å²) in [5.41, 5.74) is -0.582. The number of aliphatic carboxylic acids is 1. The van der Waals surface area contributed by atoms with Gasteiger partial charge in [-0.3, -0.25) is 4.79 Å². The van der Waals surface area contributed by atoms with Crippen LogP contribution in [0, 0.1) is 5.41 Å².